The lowest BCUT2D eigenvalue weighted by molar-refractivity contribution is 0.363. The lowest BCUT2D eigenvalue weighted by Crippen LogP contribution is -2.04. The van der Waals surface area contributed by atoms with E-state index < -0.39 is 0 Å². The van der Waals surface area contributed by atoms with Gasteiger partial charge in [-0.05, 0) is 0 Å². The molecule has 0 saturated heterocycles. The molecule has 0 radical (unpaired) electrons. The minimum absolute atomic E-state index is 0.356. The van der Waals surface area contributed by atoms with Crippen molar-refractivity contribution < 1.29 is 9.47 Å². The summed E-state index contributed by atoms with van der Waals surface area (Å²) in [5, 5.41) is 7.49. The molecule has 0 bridgehead atoms. The first-order chi connectivity index (χ1) is 5.81. The Balaban J connectivity index is 3.02. The van der Waals surface area contributed by atoms with Crippen molar-refractivity contribution in [2.75, 3.05) is 14.2 Å². The Bertz CT molecular complexity index is 265. The molecule has 1 aromatic rings. The fraction of sp³-hybridized carbons (Fsp3) is 0.429. The second-order valence-corrected chi connectivity index (χ2v) is 2.13. The average Bonchev–Trinajstić information content (AvgIpc) is 2.16. The van der Waals surface area contributed by atoms with Gasteiger partial charge in [-0.1, -0.05) is 0 Å². The first kappa shape index (κ1) is 8.73. The number of hydrogen-bond donors (Lipinski definition) is 1. The van der Waals surface area contributed by atoms with E-state index in [-0.39, 0.29) is 0 Å². The third kappa shape index (κ3) is 1.62. The molecule has 0 amide bonds. The van der Waals surface area contributed by atoms with Gasteiger partial charge in [0.2, 0.25) is 11.8 Å². The first-order valence-electron chi connectivity index (χ1n) is 3.46. The summed E-state index contributed by atoms with van der Waals surface area (Å²) in [5.74, 6) is 0.884. The molecule has 0 aliphatic heterocycles. The van der Waals surface area contributed by atoms with Crippen molar-refractivity contribution in [2.45, 2.75) is 6.54 Å². The standard InChI is InChI=1S/C7H11N3O2/c1-11-6-3-5(4-8)7(12-2)10-9-6/h3H,4,8H2,1-2H3. The Morgan fingerprint density at radius 2 is 2.08 bits per heavy atom. The number of methoxy groups -OCH3 is 2. The maximum Gasteiger partial charge on any atom is 0.237 e. The lowest BCUT2D eigenvalue weighted by Gasteiger charge is -2.04. The van der Waals surface area contributed by atoms with Crippen LogP contribution in [0, 0.1) is 0 Å². The second kappa shape index (κ2) is 3.87. The maximum absolute atomic E-state index is 5.45. The van der Waals surface area contributed by atoms with Crippen molar-refractivity contribution in [1.82, 2.24) is 10.2 Å². The number of rotatable bonds is 3. The van der Waals surface area contributed by atoms with Gasteiger partial charge in [-0.25, -0.2) is 0 Å². The summed E-state index contributed by atoms with van der Waals surface area (Å²) in [6, 6.07) is 1.70. The molecule has 5 nitrogen and oxygen atoms in total. The number of nitrogens with two attached hydrogens (primary N) is 1. The van der Waals surface area contributed by atoms with E-state index >= 15 is 0 Å². The van der Waals surface area contributed by atoms with Gasteiger partial charge >= 0.3 is 0 Å². The molecule has 0 fully saturated rings. The summed E-state index contributed by atoms with van der Waals surface area (Å²) in [6.07, 6.45) is 0. The molecule has 5 heteroatoms. The molecule has 1 rings (SSSR count). The van der Waals surface area contributed by atoms with E-state index in [0.29, 0.717) is 18.3 Å². The van der Waals surface area contributed by atoms with Crippen molar-refractivity contribution in [3.8, 4) is 11.8 Å². The van der Waals surface area contributed by atoms with Gasteiger partial charge in [-0.15, -0.1) is 10.2 Å². The van der Waals surface area contributed by atoms with E-state index in [2.05, 4.69) is 10.2 Å². The van der Waals surface area contributed by atoms with Gasteiger partial charge in [0.25, 0.3) is 0 Å². The number of nitrogens with zero attached hydrogens (tertiary/aromatic N) is 2. The van der Waals surface area contributed by atoms with Crippen LogP contribution in [0.1, 0.15) is 5.56 Å². The Hall–Kier alpha value is -1.36. The van der Waals surface area contributed by atoms with Crippen LogP contribution in [-0.4, -0.2) is 24.4 Å². The minimum atomic E-state index is 0.356. The van der Waals surface area contributed by atoms with Crippen molar-refractivity contribution in [1.29, 1.82) is 0 Å². The van der Waals surface area contributed by atoms with E-state index in [4.69, 9.17) is 15.2 Å². The highest BCUT2D eigenvalue weighted by atomic mass is 16.5. The fourth-order valence-corrected chi connectivity index (χ4v) is 0.816. The average molecular weight is 169 g/mol. The molecule has 0 aromatic carbocycles. The molecule has 0 aliphatic carbocycles. The quantitative estimate of drug-likeness (QED) is 0.687. The first-order valence-corrected chi connectivity index (χ1v) is 3.46. The Labute approximate surface area is 70.5 Å². The molecule has 0 spiro atoms. The molecule has 0 atom stereocenters. The summed E-state index contributed by atoms with van der Waals surface area (Å²) in [5.41, 5.74) is 6.23. The molecule has 66 valence electrons. The van der Waals surface area contributed by atoms with E-state index in [1.807, 2.05) is 0 Å². The lowest BCUT2D eigenvalue weighted by atomic mass is 10.3. The molecule has 12 heavy (non-hydrogen) atoms. The van der Waals surface area contributed by atoms with Crippen molar-refractivity contribution in [3.63, 3.8) is 0 Å². The van der Waals surface area contributed by atoms with Gasteiger partial charge in [0, 0.05) is 18.2 Å². The minimum Gasteiger partial charge on any atom is -0.480 e. The summed E-state index contributed by atoms with van der Waals surface area (Å²) in [4.78, 5) is 0. The Morgan fingerprint density at radius 3 is 2.58 bits per heavy atom. The maximum atomic E-state index is 5.45. The molecule has 0 unspecified atom stereocenters. The Morgan fingerprint density at radius 1 is 1.33 bits per heavy atom. The molecule has 2 N–H and O–H groups in total. The topological polar surface area (TPSA) is 70.3 Å². The monoisotopic (exact) mass is 169 g/mol. The van der Waals surface area contributed by atoms with Gasteiger partial charge in [0.1, 0.15) is 0 Å². The smallest absolute Gasteiger partial charge is 0.237 e. The van der Waals surface area contributed by atoms with E-state index in [0.717, 1.165) is 5.56 Å². The molecule has 0 saturated carbocycles. The highest BCUT2D eigenvalue weighted by molar-refractivity contribution is 5.28. The van der Waals surface area contributed by atoms with Crippen LogP contribution in [0.5, 0.6) is 11.8 Å². The molecular weight excluding hydrogens is 158 g/mol. The predicted octanol–water partition coefficient (Wildman–Crippen LogP) is -0.0475. The summed E-state index contributed by atoms with van der Waals surface area (Å²) >= 11 is 0. The summed E-state index contributed by atoms with van der Waals surface area (Å²) < 4.78 is 9.80. The van der Waals surface area contributed by atoms with Crippen molar-refractivity contribution in [2.24, 2.45) is 5.73 Å². The zero-order valence-electron chi connectivity index (χ0n) is 7.07. The van der Waals surface area contributed by atoms with Crippen LogP contribution in [0.3, 0.4) is 0 Å². The molecular formula is C7H11N3O2. The highest BCUT2D eigenvalue weighted by Crippen LogP contribution is 2.16. The zero-order chi connectivity index (χ0) is 8.97. The second-order valence-electron chi connectivity index (χ2n) is 2.13. The van der Waals surface area contributed by atoms with Crippen LogP contribution in [0.25, 0.3) is 0 Å². The van der Waals surface area contributed by atoms with Gasteiger partial charge in [0.05, 0.1) is 14.2 Å². The van der Waals surface area contributed by atoms with Crippen LogP contribution in [-0.2, 0) is 6.54 Å². The molecule has 0 aliphatic rings. The Kier molecular flexibility index (Phi) is 2.82. The normalized spacial score (nSPS) is 9.58. The van der Waals surface area contributed by atoms with Crippen LogP contribution < -0.4 is 15.2 Å². The van der Waals surface area contributed by atoms with Gasteiger partial charge in [0.15, 0.2) is 0 Å². The fourth-order valence-electron chi connectivity index (χ4n) is 0.816. The number of ether oxygens (including phenoxy) is 2. The van der Waals surface area contributed by atoms with Crippen LogP contribution in [0.15, 0.2) is 6.07 Å². The van der Waals surface area contributed by atoms with Gasteiger partial charge in [-0.2, -0.15) is 0 Å². The van der Waals surface area contributed by atoms with Crippen molar-refractivity contribution >= 4 is 0 Å². The summed E-state index contributed by atoms with van der Waals surface area (Å²) in [6.45, 7) is 0.356. The third-order valence-electron chi connectivity index (χ3n) is 1.43. The zero-order valence-corrected chi connectivity index (χ0v) is 7.07. The predicted molar refractivity (Wildman–Crippen MR) is 43.0 cm³/mol. The number of aromatic nitrogens is 2. The van der Waals surface area contributed by atoms with Crippen LogP contribution >= 0.6 is 0 Å². The highest BCUT2D eigenvalue weighted by Gasteiger charge is 2.05. The third-order valence-corrected chi connectivity index (χ3v) is 1.43. The molecule has 1 heterocycles. The summed E-state index contributed by atoms with van der Waals surface area (Å²) in [7, 11) is 3.05. The van der Waals surface area contributed by atoms with Gasteiger partial charge < -0.3 is 15.2 Å². The van der Waals surface area contributed by atoms with Gasteiger partial charge in [-0.3, -0.25) is 0 Å². The van der Waals surface area contributed by atoms with Crippen LogP contribution in [0.4, 0.5) is 0 Å². The van der Waals surface area contributed by atoms with E-state index in [1.54, 1.807) is 6.07 Å². The molecule has 1 aromatic heterocycles. The number of hydrogen-bond acceptors (Lipinski definition) is 5. The van der Waals surface area contributed by atoms with Crippen LogP contribution in [0.2, 0.25) is 0 Å². The van der Waals surface area contributed by atoms with E-state index in [1.165, 1.54) is 14.2 Å². The largest absolute Gasteiger partial charge is 0.480 e. The van der Waals surface area contributed by atoms with Crippen molar-refractivity contribution in [3.05, 3.63) is 11.6 Å². The van der Waals surface area contributed by atoms with E-state index in [9.17, 15) is 0 Å². The SMILES string of the molecule is COc1cc(CN)c(OC)nn1.